The van der Waals surface area contributed by atoms with Crippen LogP contribution in [-0.2, 0) is 6.54 Å². The van der Waals surface area contributed by atoms with Gasteiger partial charge in [0.25, 0.3) is 0 Å². The summed E-state index contributed by atoms with van der Waals surface area (Å²) < 4.78 is 0. The van der Waals surface area contributed by atoms with Crippen molar-refractivity contribution in [3.05, 3.63) is 18.1 Å². The molecule has 1 atom stereocenters. The van der Waals surface area contributed by atoms with E-state index in [0.29, 0.717) is 12.6 Å². The largest absolute Gasteiger partial charge is 0.352 e. The van der Waals surface area contributed by atoms with Crippen LogP contribution in [0.1, 0.15) is 31.9 Å². The van der Waals surface area contributed by atoms with Crippen LogP contribution in [0.2, 0.25) is 0 Å². The van der Waals surface area contributed by atoms with Crippen molar-refractivity contribution in [1.82, 2.24) is 9.97 Å². The Hall–Kier alpha value is -1.16. The summed E-state index contributed by atoms with van der Waals surface area (Å²) in [7, 11) is 0. The number of hydrogen-bond donors (Lipinski definition) is 1. The Labute approximate surface area is 90.5 Å². The molecule has 0 saturated carbocycles. The minimum atomic E-state index is 0.464. The topological polar surface area (TPSA) is 55.0 Å². The summed E-state index contributed by atoms with van der Waals surface area (Å²) in [5, 5.41) is 0. The molecule has 1 fully saturated rings. The van der Waals surface area contributed by atoms with E-state index < -0.39 is 0 Å². The predicted octanol–water partition coefficient (Wildman–Crippen LogP) is 1.31. The van der Waals surface area contributed by atoms with E-state index in [0.717, 1.165) is 18.1 Å². The second-order valence-corrected chi connectivity index (χ2v) is 3.97. The molecule has 1 saturated heterocycles. The summed E-state index contributed by atoms with van der Waals surface area (Å²) in [4.78, 5) is 11.0. The lowest BCUT2D eigenvalue weighted by molar-refractivity contribution is 0.638. The van der Waals surface area contributed by atoms with Gasteiger partial charge in [-0.05, 0) is 19.3 Å². The summed E-state index contributed by atoms with van der Waals surface area (Å²) in [6.45, 7) is 3.79. The molecular weight excluding hydrogens is 188 g/mol. The van der Waals surface area contributed by atoms with Gasteiger partial charge < -0.3 is 10.6 Å². The first-order valence-electron chi connectivity index (χ1n) is 5.62. The van der Waals surface area contributed by atoms with Gasteiger partial charge in [0.15, 0.2) is 0 Å². The number of hydrogen-bond acceptors (Lipinski definition) is 4. The molecule has 1 aromatic rings. The Balaban J connectivity index is 2.20. The fourth-order valence-corrected chi connectivity index (χ4v) is 2.19. The maximum absolute atomic E-state index is 5.56. The normalized spacial score (nSPS) is 20.9. The van der Waals surface area contributed by atoms with E-state index in [1.165, 1.54) is 19.3 Å². The number of rotatable bonds is 3. The van der Waals surface area contributed by atoms with Gasteiger partial charge in [0, 0.05) is 25.3 Å². The van der Waals surface area contributed by atoms with Crippen molar-refractivity contribution in [3.8, 4) is 0 Å². The number of aromatic nitrogens is 2. The highest BCUT2D eigenvalue weighted by atomic mass is 15.2. The van der Waals surface area contributed by atoms with Crippen LogP contribution in [0, 0.1) is 0 Å². The van der Waals surface area contributed by atoms with Crippen LogP contribution in [0.15, 0.2) is 12.4 Å². The standard InChI is InChI=1S/C11H18N4/c1-2-10-4-3-5-15(10)11-8-13-7-9(6-12)14-11/h7-8,10H,2-6,12H2,1H3. The van der Waals surface area contributed by atoms with Gasteiger partial charge in [-0.1, -0.05) is 6.92 Å². The van der Waals surface area contributed by atoms with Gasteiger partial charge in [0.05, 0.1) is 11.9 Å². The molecule has 1 unspecified atom stereocenters. The first-order chi connectivity index (χ1) is 7.35. The molecule has 0 radical (unpaired) electrons. The van der Waals surface area contributed by atoms with Crippen LogP contribution in [0.5, 0.6) is 0 Å². The smallest absolute Gasteiger partial charge is 0.147 e. The Bertz CT molecular complexity index is 326. The molecule has 0 bridgehead atoms. The molecule has 0 spiro atoms. The average Bonchev–Trinajstić information content (AvgIpc) is 2.77. The summed E-state index contributed by atoms with van der Waals surface area (Å²) in [6, 6.07) is 0.632. The fraction of sp³-hybridized carbons (Fsp3) is 0.636. The van der Waals surface area contributed by atoms with E-state index in [2.05, 4.69) is 21.8 Å². The van der Waals surface area contributed by atoms with Gasteiger partial charge in [-0.15, -0.1) is 0 Å². The van der Waals surface area contributed by atoms with Gasteiger partial charge in [-0.3, -0.25) is 4.98 Å². The van der Waals surface area contributed by atoms with Crippen molar-refractivity contribution >= 4 is 5.82 Å². The molecule has 4 nitrogen and oxygen atoms in total. The summed E-state index contributed by atoms with van der Waals surface area (Å²) in [6.07, 6.45) is 7.28. The molecule has 4 heteroatoms. The van der Waals surface area contributed by atoms with Crippen LogP contribution in [0.25, 0.3) is 0 Å². The van der Waals surface area contributed by atoms with Crippen molar-refractivity contribution in [2.75, 3.05) is 11.4 Å². The lowest BCUT2D eigenvalue weighted by atomic mass is 10.2. The number of nitrogens with zero attached hydrogens (tertiary/aromatic N) is 3. The zero-order valence-electron chi connectivity index (χ0n) is 9.19. The summed E-state index contributed by atoms with van der Waals surface area (Å²) >= 11 is 0. The zero-order valence-corrected chi connectivity index (χ0v) is 9.19. The van der Waals surface area contributed by atoms with Crippen LogP contribution in [-0.4, -0.2) is 22.6 Å². The minimum Gasteiger partial charge on any atom is -0.352 e. The average molecular weight is 206 g/mol. The third kappa shape index (κ3) is 2.09. The molecule has 1 aliphatic rings. The molecule has 2 rings (SSSR count). The maximum atomic E-state index is 5.56. The molecule has 0 amide bonds. The Morgan fingerprint density at radius 1 is 1.53 bits per heavy atom. The van der Waals surface area contributed by atoms with Crippen molar-refractivity contribution in [2.45, 2.75) is 38.8 Å². The molecule has 0 aliphatic carbocycles. The van der Waals surface area contributed by atoms with Crippen LogP contribution in [0.4, 0.5) is 5.82 Å². The van der Waals surface area contributed by atoms with Gasteiger partial charge in [-0.25, -0.2) is 4.98 Å². The number of nitrogens with two attached hydrogens (primary N) is 1. The van der Waals surface area contributed by atoms with Crippen LogP contribution in [0.3, 0.4) is 0 Å². The third-order valence-electron chi connectivity index (χ3n) is 3.02. The Morgan fingerprint density at radius 2 is 2.40 bits per heavy atom. The van der Waals surface area contributed by atoms with Crippen molar-refractivity contribution in [3.63, 3.8) is 0 Å². The van der Waals surface area contributed by atoms with Gasteiger partial charge in [-0.2, -0.15) is 0 Å². The minimum absolute atomic E-state index is 0.464. The quantitative estimate of drug-likeness (QED) is 0.810. The number of anilines is 1. The maximum Gasteiger partial charge on any atom is 0.147 e. The van der Waals surface area contributed by atoms with E-state index in [1.54, 1.807) is 6.20 Å². The van der Waals surface area contributed by atoms with Crippen molar-refractivity contribution < 1.29 is 0 Å². The Kier molecular flexibility index (Phi) is 3.16. The van der Waals surface area contributed by atoms with E-state index in [-0.39, 0.29) is 0 Å². The Morgan fingerprint density at radius 3 is 3.13 bits per heavy atom. The molecule has 2 N–H and O–H groups in total. The highest BCUT2D eigenvalue weighted by molar-refractivity contribution is 5.39. The molecule has 0 aromatic carbocycles. The molecule has 15 heavy (non-hydrogen) atoms. The van der Waals surface area contributed by atoms with Gasteiger partial charge in [0.2, 0.25) is 0 Å². The van der Waals surface area contributed by atoms with E-state index in [9.17, 15) is 0 Å². The second-order valence-electron chi connectivity index (χ2n) is 3.97. The molecular formula is C11H18N4. The van der Waals surface area contributed by atoms with Crippen molar-refractivity contribution in [1.29, 1.82) is 0 Å². The van der Waals surface area contributed by atoms with E-state index in [4.69, 9.17) is 5.73 Å². The first kappa shape index (κ1) is 10.4. The third-order valence-corrected chi connectivity index (χ3v) is 3.02. The summed E-state index contributed by atoms with van der Waals surface area (Å²) in [5.74, 6) is 0.988. The van der Waals surface area contributed by atoms with Crippen molar-refractivity contribution in [2.24, 2.45) is 5.73 Å². The lowest BCUT2D eigenvalue weighted by Gasteiger charge is -2.24. The predicted molar refractivity (Wildman–Crippen MR) is 60.6 cm³/mol. The molecule has 1 aliphatic heterocycles. The van der Waals surface area contributed by atoms with Gasteiger partial charge in [0.1, 0.15) is 5.82 Å². The van der Waals surface area contributed by atoms with E-state index in [1.807, 2.05) is 6.20 Å². The van der Waals surface area contributed by atoms with Gasteiger partial charge >= 0.3 is 0 Å². The fourth-order valence-electron chi connectivity index (χ4n) is 2.19. The highest BCUT2D eigenvalue weighted by Crippen LogP contribution is 2.24. The van der Waals surface area contributed by atoms with Crippen LogP contribution >= 0.6 is 0 Å². The molecule has 1 aromatic heterocycles. The monoisotopic (exact) mass is 206 g/mol. The second kappa shape index (κ2) is 4.57. The summed E-state index contributed by atoms with van der Waals surface area (Å²) in [5.41, 5.74) is 6.43. The van der Waals surface area contributed by atoms with E-state index >= 15 is 0 Å². The SMILES string of the molecule is CCC1CCCN1c1cncc(CN)n1. The molecule has 82 valence electrons. The van der Waals surface area contributed by atoms with Crippen LogP contribution < -0.4 is 10.6 Å². The molecule has 2 heterocycles. The first-order valence-corrected chi connectivity index (χ1v) is 5.62. The zero-order chi connectivity index (χ0) is 10.7. The highest BCUT2D eigenvalue weighted by Gasteiger charge is 2.24. The lowest BCUT2D eigenvalue weighted by Crippen LogP contribution is -2.29.